The summed E-state index contributed by atoms with van der Waals surface area (Å²) in [6, 6.07) is 2.19. The topological polar surface area (TPSA) is 93.1 Å². The Balaban J connectivity index is 0.00000171. The summed E-state index contributed by atoms with van der Waals surface area (Å²) in [4.78, 5) is 11.7. The molecule has 1 fully saturated rings. The van der Waals surface area contributed by atoms with Crippen molar-refractivity contribution >= 4 is 42.0 Å². The highest BCUT2D eigenvalue weighted by Gasteiger charge is 2.33. The minimum atomic E-state index is -4.51. The maximum absolute atomic E-state index is 13.1. The fraction of sp³-hybridized carbons (Fsp3) is 0.500. The van der Waals surface area contributed by atoms with Crippen LogP contribution in [0, 0.1) is 0 Å². The summed E-state index contributed by atoms with van der Waals surface area (Å²) < 4.78 is 39.3. The van der Waals surface area contributed by atoms with Gasteiger partial charge < -0.3 is 21.7 Å². The van der Waals surface area contributed by atoms with Crippen LogP contribution in [0.25, 0.3) is 11.4 Å². The number of nitrogen functional groups attached to an aromatic ring is 2. The van der Waals surface area contributed by atoms with Gasteiger partial charge in [-0.25, -0.2) is 9.97 Å². The second kappa shape index (κ2) is 9.67. The fourth-order valence-corrected chi connectivity index (χ4v) is 4.25. The average molecular weight is 479 g/mol. The Bertz CT molecular complexity index is 915. The second-order valence-electron chi connectivity index (χ2n) is 7.75. The third-order valence-corrected chi connectivity index (χ3v) is 5.81. The number of hydrogen-bond acceptors (Lipinski definition) is 6. The Morgan fingerprint density at radius 1 is 1.06 bits per heavy atom. The summed E-state index contributed by atoms with van der Waals surface area (Å²) in [7, 11) is 1.94. The second-order valence-corrected chi connectivity index (χ2v) is 7.75. The largest absolute Gasteiger partial charge is 0.416 e. The summed E-state index contributed by atoms with van der Waals surface area (Å²) in [6.07, 6.45) is 0.331. The molecule has 1 unspecified atom stereocenters. The first-order chi connectivity index (χ1) is 13.8. The normalized spacial score (nSPS) is 18.2. The van der Waals surface area contributed by atoms with E-state index in [2.05, 4.69) is 15.2 Å². The van der Waals surface area contributed by atoms with Gasteiger partial charge in [0.25, 0.3) is 0 Å². The summed E-state index contributed by atoms with van der Waals surface area (Å²) in [5.41, 5.74) is 13.4. The maximum Gasteiger partial charge on any atom is 0.416 e. The monoisotopic (exact) mass is 478 g/mol. The van der Waals surface area contributed by atoms with Crippen LogP contribution in [-0.2, 0) is 19.0 Å². The predicted molar refractivity (Wildman–Crippen MR) is 122 cm³/mol. The van der Waals surface area contributed by atoms with Crippen molar-refractivity contribution in [3.8, 4) is 11.4 Å². The molecule has 6 nitrogen and oxygen atoms in total. The van der Waals surface area contributed by atoms with Gasteiger partial charge in [-0.15, -0.1) is 24.8 Å². The molecule has 0 saturated carbocycles. The van der Waals surface area contributed by atoms with Gasteiger partial charge in [-0.1, -0.05) is 0 Å². The lowest BCUT2D eigenvalue weighted by molar-refractivity contribution is -0.137. The van der Waals surface area contributed by atoms with Gasteiger partial charge in [-0.3, -0.25) is 0 Å². The third kappa shape index (κ3) is 4.94. The summed E-state index contributed by atoms with van der Waals surface area (Å²) >= 11 is 0. The van der Waals surface area contributed by atoms with Crippen LogP contribution in [0.2, 0.25) is 0 Å². The van der Waals surface area contributed by atoms with Crippen LogP contribution >= 0.6 is 24.8 Å². The zero-order valence-electron chi connectivity index (χ0n) is 17.1. The highest BCUT2D eigenvalue weighted by molar-refractivity contribution is 5.86. The van der Waals surface area contributed by atoms with E-state index >= 15 is 0 Å². The molecule has 1 aliphatic carbocycles. The number of hydrogen-bond donors (Lipinski definition) is 3. The van der Waals surface area contributed by atoms with E-state index in [-0.39, 0.29) is 41.8 Å². The van der Waals surface area contributed by atoms with Crippen molar-refractivity contribution < 1.29 is 13.2 Å². The van der Waals surface area contributed by atoms with Crippen LogP contribution < -0.4 is 21.7 Å². The Labute approximate surface area is 191 Å². The molecule has 4 rings (SSSR count). The number of fused-ring (bicyclic) bond motifs is 1. The van der Waals surface area contributed by atoms with Crippen molar-refractivity contribution in [3.63, 3.8) is 0 Å². The zero-order chi connectivity index (χ0) is 20.8. The Morgan fingerprint density at radius 3 is 2.29 bits per heavy atom. The number of alkyl halides is 3. The number of nitrogens with one attached hydrogen (secondary N) is 1. The quantitative estimate of drug-likeness (QED) is 0.580. The number of aryl methyl sites for hydroxylation is 1. The van der Waals surface area contributed by atoms with E-state index in [1.807, 2.05) is 7.05 Å². The van der Waals surface area contributed by atoms with Crippen LogP contribution in [-0.4, -0.2) is 36.1 Å². The molecule has 0 spiro atoms. The summed E-state index contributed by atoms with van der Waals surface area (Å²) in [6.45, 7) is 1.70. The number of aromatic nitrogens is 2. The van der Waals surface area contributed by atoms with E-state index in [4.69, 9.17) is 16.5 Å². The van der Waals surface area contributed by atoms with E-state index in [1.54, 1.807) is 0 Å². The molecule has 172 valence electrons. The van der Waals surface area contributed by atoms with E-state index in [0.717, 1.165) is 74.4 Å². The number of likely N-dealkylation sites (N-methyl/N-ethyl adjacent to an activating group) is 1. The van der Waals surface area contributed by atoms with Gasteiger partial charge in [0, 0.05) is 41.8 Å². The first kappa shape index (κ1) is 25.3. The van der Waals surface area contributed by atoms with Crippen LogP contribution in [0.3, 0.4) is 0 Å². The highest BCUT2D eigenvalue weighted by Crippen LogP contribution is 2.39. The molecule has 31 heavy (non-hydrogen) atoms. The Kier molecular flexibility index (Phi) is 7.89. The average Bonchev–Trinajstić information content (AvgIpc) is 3.15. The SMILES string of the molecule is CNC1CCN(c2nc(-c3c(N)cc(C(F)(F)F)cc3N)nc3c2CCCC3)C1.Cl.Cl. The molecule has 2 aliphatic rings. The molecule has 0 bridgehead atoms. The molecular weight excluding hydrogens is 452 g/mol. The molecule has 0 amide bonds. The molecule has 11 heteroatoms. The van der Waals surface area contributed by atoms with Crippen molar-refractivity contribution in [2.75, 3.05) is 36.5 Å². The number of benzene rings is 1. The molecule has 2 heterocycles. The van der Waals surface area contributed by atoms with Gasteiger partial charge in [-0.05, 0) is 51.3 Å². The number of halogens is 5. The minimum absolute atomic E-state index is 0. The predicted octanol–water partition coefficient (Wildman–Crippen LogP) is 3.85. The number of rotatable bonds is 3. The molecule has 1 aliphatic heterocycles. The first-order valence-corrected chi connectivity index (χ1v) is 9.86. The first-order valence-electron chi connectivity index (χ1n) is 9.86. The van der Waals surface area contributed by atoms with E-state index < -0.39 is 11.7 Å². The molecule has 1 aromatic heterocycles. The van der Waals surface area contributed by atoms with Crippen molar-refractivity contribution in [1.82, 2.24) is 15.3 Å². The number of nitrogens with zero attached hydrogens (tertiary/aromatic N) is 3. The van der Waals surface area contributed by atoms with E-state index in [1.165, 1.54) is 0 Å². The van der Waals surface area contributed by atoms with Gasteiger partial charge in [-0.2, -0.15) is 13.2 Å². The van der Waals surface area contributed by atoms with E-state index in [9.17, 15) is 13.2 Å². The maximum atomic E-state index is 13.1. The van der Waals surface area contributed by atoms with Crippen LogP contribution in [0.4, 0.5) is 30.4 Å². The molecule has 2 aromatic rings. The van der Waals surface area contributed by atoms with Gasteiger partial charge in [0.15, 0.2) is 5.82 Å². The lowest BCUT2D eigenvalue weighted by atomic mass is 9.95. The molecule has 5 N–H and O–H groups in total. The molecule has 1 aromatic carbocycles. The summed E-state index contributed by atoms with van der Waals surface area (Å²) in [5, 5.41) is 3.30. The van der Waals surface area contributed by atoms with Crippen LogP contribution in [0.5, 0.6) is 0 Å². The minimum Gasteiger partial charge on any atom is -0.398 e. The molecular formula is C20H27Cl2F3N6. The van der Waals surface area contributed by atoms with Crippen molar-refractivity contribution in [2.45, 2.75) is 44.3 Å². The molecule has 1 atom stereocenters. The number of nitrogens with two attached hydrogens (primary N) is 2. The third-order valence-electron chi connectivity index (χ3n) is 5.81. The number of anilines is 3. The van der Waals surface area contributed by atoms with Crippen LogP contribution in [0.15, 0.2) is 12.1 Å². The Morgan fingerprint density at radius 2 is 1.71 bits per heavy atom. The van der Waals surface area contributed by atoms with Crippen molar-refractivity contribution in [1.29, 1.82) is 0 Å². The van der Waals surface area contributed by atoms with Gasteiger partial charge in [0.2, 0.25) is 0 Å². The smallest absolute Gasteiger partial charge is 0.398 e. The lowest BCUT2D eigenvalue weighted by Gasteiger charge is -2.26. The zero-order valence-corrected chi connectivity index (χ0v) is 18.8. The van der Waals surface area contributed by atoms with Gasteiger partial charge in [0.1, 0.15) is 5.82 Å². The van der Waals surface area contributed by atoms with Crippen molar-refractivity contribution in [3.05, 3.63) is 29.0 Å². The van der Waals surface area contributed by atoms with Crippen molar-refractivity contribution in [2.24, 2.45) is 0 Å². The molecule has 1 saturated heterocycles. The standard InChI is InChI=1S/C20H25F3N6.2ClH/c1-26-12-6-7-29(10-12)19-13-4-2-3-5-16(13)27-18(28-19)17-14(24)8-11(9-15(17)25)20(21,22)23;;/h8-9,12,26H,2-7,10,24-25H2,1H3;2*1H. The highest BCUT2D eigenvalue weighted by atomic mass is 35.5. The van der Waals surface area contributed by atoms with Gasteiger partial charge in [0.05, 0.1) is 11.1 Å². The van der Waals surface area contributed by atoms with Crippen LogP contribution in [0.1, 0.15) is 36.1 Å². The fourth-order valence-electron chi connectivity index (χ4n) is 4.25. The Hall–Kier alpha value is -1.97. The lowest BCUT2D eigenvalue weighted by Crippen LogP contribution is -2.31. The summed E-state index contributed by atoms with van der Waals surface area (Å²) in [5.74, 6) is 1.17. The van der Waals surface area contributed by atoms with Gasteiger partial charge >= 0.3 is 6.18 Å². The van der Waals surface area contributed by atoms with E-state index in [0.29, 0.717) is 11.9 Å². The molecule has 0 radical (unpaired) electrons.